The minimum atomic E-state index is 0.0565. The van der Waals surface area contributed by atoms with Crippen LogP contribution in [-0.4, -0.2) is 30.5 Å². The summed E-state index contributed by atoms with van der Waals surface area (Å²) >= 11 is 3.64. The monoisotopic (exact) mass is 317 g/mol. The van der Waals surface area contributed by atoms with E-state index in [2.05, 4.69) is 21.2 Å². The van der Waals surface area contributed by atoms with Crippen molar-refractivity contribution in [3.63, 3.8) is 0 Å². The van der Waals surface area contributed by atoms with E-state index in [1.807, 2.05) is 6.92 Å². The second-order valence-electron chi connectivity index (χ2n) is 5.88. The molecule has 3 nitrogen and oxygen atoms in total. The number of rotatable bonds is 4. The van der Waals surface area contributed by atoms with Crippen LogP contribution in [0.15, 0.2) is 0 Å². The summed E-state index contributed by atoms with van der Waals surface area (Å²) in [7, 11) is 0. The smallest absolute Gasteiger partial charge is 0.225 e. The van der Waals surface area contributed by atoms with E-state index in [1.165, 1.54) is 32.1 Å². The largest absolute Gasteiger partial charge is 0.378 e. The number of amides is 1. The van der Waals surface area contributed by atoms with E-state index in [4.69, 9.17) is 4.74 Å². The Bertz CT molecular complexity index is 290. The molecule has 2 atom stereocenters. The number of ether oxygens (including phenoxy) is 1. The standard InChI is InChI=1S/C14H24BrNO2/c1-11-12(5-8-18-11)13(17)16-10-14(9-15)6-3-2-4-7-14/h11-12H,2-10H2,1H3,(H,16,17). The lowest BCUT2D eigenvalue weighted by atomic mass is 9.75. The molecule has 0 aromatic carbocycles. The molecule has 104 valence electrons. The lowest BCUT2D eigenvalue weighted by Gasteiger charge is -2.36. The van der Waals surface area contributed by atoms with Crippen molar-refractivity contribution in [2.75, 3.05) is 18.5 Å². The highest BCUT2D eigenvalue weighted by Crippen LogP contribution is 2.37. The molecule has 1 saturated heterocycles. The molecule has 2 fully saturated rings. The number of halogens is 1. The van der Waals surface area contributed by atoms with Crippen LogP contribution in [0.25, 0.3) is 0 Å². The molecule has 4 heteroatoms. The van der Waals surface area contributed by atoms with Crippen LogP contribution in [0.1, 0.15) is 45.4 Å². The van der Waals surface area contributed by atoms with Gasteiger partial charge in [-0.3, -0.25) is 4.79 Å². The maximum Gasteiger partial charge on any atom is 0.225 e. The molecule has 1 aliphatic heterocycles. The first-order chi connectivity index (χ1) is 8.67. The molecule has 0 bridgehead atoms. The molecule has 1 saturated carbocycles. The number of alkyl halides is 1. The predicted molar refractivity (Wildman–Crippen MR) is 75.8 cm³/mol. The van der Waals surface area contributed by atoms with Gasteiger partial charge in [-0.2, -0.15) is 0 Å². The highest BCUT2D eigenvalue weighted by atomic mass is 79.9. The van der Waals surface area contributed by atoms with E-state index in [-0.39, 0.29) is 23.3 Å². The first kappa shape index (κ1) is 14.3. The summed E-state index contributed by atoms with van der Waals surface area (Å²) in [6.45, 7) is 3.54. The van der Waals surface area contributed by atoms with E-state index in [1.54, 1.807) is 0 Å². The summed E-state index contributed by atoms with van der Waals surface area (Å²) in [5, 5.41) is 4.16. The first-order valence-corrected chi connectivity index (χ1v) is 8.24. The van der Waals surface area contributed by atoms with Gasteiger partial charge in [-0.15, -0.1) is 0 Å². The van der Waals surface area contributed by atoms with Gasteiger partial charge in [-0.25, -0.2) is 0 Å². The number of hydrogen-bond donors (Lipinski definition) is 1. The molecule has 1 aliphatic carbocycles. The summed E-state index contributed by atoms with van der Waals surface area (Å²) in [4.78, 5) is 12.2. The number of carbonyl (C=O) groups excluding carboxylic acids is 1. The van der Waals surface area contributed by atoms with Crippen molar-refractivity contribution in [2.24, 2.45) is 11.3 Å². The van der Waals surface area contributed by atoms with Crippen LogP contribution in [0, 0.1) is 11.3 Å². The van der Waals surface area contributed by atoms with E-state index >= 15 is 0 Å². The number of carbonyl (C=O) groups is 1. The van der Waals surface area contributed by atoms with Gasteiger partial charge < -0.3 is 10.1 Å². The Hall–Kier alpha value is -0.0900. The summed E-state index contributed by atoms with van der Waals surface area (Å²) < 4.78 is 5.46. The van der Waals surface area contributed by atoms with Crippen LogP contribution in [0.4, 0.5) is 0 Å². The van der Waals surface area contributed by atoms with Crippen molar-refractivity contribution in [3.05, 3.63) is 0 Å². The minimum absolute atomic E-state index is 0.0565. The SMILES string of the molecule is CC1OCCC1C(=O)NCC1(CBr)CCCCC1. The number of hydrogen-bond acceptors (Lipinski definition) is 2. The zero-order chi connectivity index (χ0) is 13.0. The van der Waals surface area contributed by atoms with Crippen LogP contribution in [0.3, 0.4) is 0 Å². The summed E-state index contributed by atoms with van der Waals surface area (Å²) in [6, 6.07) is 0. The summed E-state index contributed by atoms with van der Waals surface area (Å²) in [5.41, 5.74) is 0.288. The third-order valence-electron chi connectivity index (χ3n) is 4.55. The second kappa shape index (κ2) is 6.38. The Morgan fingerprint density at radius 1 is 1.39 bits per heavy atom. The predicted octanol–water partition coefficient (Wildman–Crippen LogP) is 2.87. The zero-order valence-corrected chi connectivity index (χ0v) is 12.8. The zero-order valence-electron chi connectivity index (χ0n) is 11.2. The average Bonchev–Trinajstić information content (AvgIpc) is 2.83. The van der Waals surface area contributed by atoms with Crippen molar-refractivity contribution < 1.29 is 9.53 Å². The minimum Gasteiger partial charge on any atom is -0.378 e. The van der Waals surface area contributed by atoms with E-state index in [9.17, 15) is 4.79 Å². The quantitative estimate of drug-likeness (QED) is 0.810. The molecule has 0 spiro atoms. The highest BCUT2D eigenvalue weighted by Gasteiger charge is 2.34. The van der Waals surface area contributed by atoms with Gasteiger partial charge in [-0.1, -0.05) is 35.2 Å². The molecular weight excluding hydrogens is 294 g/mol. The summed E-state index contributed by atoms with van der Waals surface area (Å²) in [5.74, 6) is 0.242. The Morgan fingerprint density at radius 3 is 2.67 bits per heavy atom. The van der Waals surface area contributed by atoms with Gasteiger partial charge in [-0.05, 0) is 31.6 Å². The van der Waals surface area contributed by atoms with Crippen molar-refractivity contribution in [1.29, 1.82) is 0 Å². The number of nitrogens with one attached hydrogen (secondary N) is 1. The molecular formula is C14H24BrNO2. The normalized spacial score (nSPS) is 31.2. The molecule has 1 N–H and O–H groups in total. The van der Waals surface area contributed by atoms with Gasteiger partial charge in [0.25, 0.3) is 0 Å². The molecule has 18 heavy (non-hydrogen) atoms. The Kier molecular flexibility index (Phi) is 5.07. The fraction of sp³-hybridized carbons (Fsp3) is 0.929. The van der Waals surface area contributed by atoms with Gasteiger partial charge in [0.1, 0.15) is 0 Å². The fourth-order valence-electron chi connectivity index (χ4n) is 3.14. The van der Waals surface area contributed by atoms with Gasteiger partial charge >= 0.3 is 0 Å². The van der Waals surface area contributed by atoms with E-state index in [0.29, 0.717) is 0 Å². The maximum absolute atomic E-state index is 12.2. The molecule has 0 aromatic heterocycles. The molecule has 0 radical (unpaired) electrons. The van der Waals surface area contributed by atoms with Gasteiger partial charge in [0, 0.05) is 18.5 Å². The molecule has 2 aliphatic rings. The third-order valence-corrected chi connectivity index (χ3v) is 5.74. The lowest BCUT2D eigenvalue weighted by Crippen LogP contribution is -2.43. The molecule has 0 aromatic rings. The Morgan fingerprint density at radius 2 is 2.11 bits per heavy atom. The first-order valence-electron chi connectivity index (χ1n) is 7.12. The van der Waals surface area contributed by atoms with Crippen molar-refractivity contribution in [3.8, 4) is 0 Å². The van der Waals surface area contributed by atoms with E-state index in [0.717, 1.165) is 24.9 Å². The third kappa shape index (κ3) is 3.27. The average molecular weight is 318 g/mol. The molecule has 2 unspecified atom stereocenters. The van der Waals surface area contributed by atoms with E-state index < -0.39 is 0 Å². The van der Waals surface area contributed by atoms with Gasteiger partial charge in [0.15, 0.2) is 0 Å². The Balaban J connectivity index is 1.83. The van der Waals surface area contributed by atoms with Crippen LogP contribution in [0.5, 0.6) is 0 Å². The highest BCUT2D eigenvalue weighted by molar-refractivity contribution is 9.09. The maximum atomic E-state index is 12.2. The molecule has 1 heterocycles. The van der Waals surface area contributed by atoms with Crippen molar-refractivity contribution >= 4 is 21.8 Å². The van der Waals surface area contributed by atoms with Crippen molar-refractivity contribution in [1.82, 2.24) is 5.32 Å². The van der Waals surface area contributed by atoms with Gasteiger partial charge in [0.05, 0.1) is 12.0 Å². The van der Waals surface area contributed by atoms with Crippen LogP contribution in [0.2, 0.25) is 0 Å². The topological polar surface area (TPSA) is 38.3 Å². The molecule has 2 rings (SSSR count). The van der Waals surface area contributed by atoms with Crippen LogP contribution in [-0.2, 0) is 9.53 Å². The van der Waals surface area contributed by atoms with Crippen LogP contribution < -0.4 is 5.32 Å². The molecule has 1 amide bonds. The second-order valence-corrected chi connectivity index (χ2v) is 6.44. The Labute approximate surface area is 118 Å². The van der Waals surface area contributed by atoms with Gasteiger partial charge in [0.2, 0.25) is 5.91 Å². The lowest BCUT2D eigenvalue weighted by molar-refractivity contribution is -0.126. The fourth-order valence-corrected chi connectivity index (χ4v) is 3.90. The summed E-state index contributed by atoms with van der Waals surface area (Å²) in [6.07, 6.45) is 7.35. The van der Waals surface area contributed by atoms with Crippen molar-refractivity contribution in [2.45, 2.75) is 51.6 Å². The van der Waals surface area contributed by atoms with Crippen LogP contribution >= 0.6 is 15.9 Å².